The molecule has 7 nitrogen and oxygen atoms in total. The molecule has 2 aliphatic heterocycles. The normalized spacial score (nSPS) is 25.6. The molecule has 102 valence electrons. The smallest absolute Gasteiger partial charge is 0.239 e. The summed E-state index contributed by atoms with van der Waals surface area (Å²) in [7, 11) is 0. The van der Waals surface area contributed by atoms with E-state index < -0.39 is 6.10 Å². The second-order valence-electron chi connectivity index (χ2n) is 4.66. The van der Waals surface area contributed by atoms with Crippen LogP contribution in [0.4, 0.5) is 0 Å². The van der Waals surface area contributed by atoms with Gasteiger partial charge in [-0.1, -0.05) is 0 Å². The van der Waals surface area contributed by atoms with Gasteiger partial charge in [-0.15, -0.1) is 0 Å². The number of aliphatic hydroxyl groups is 1. The number of hydroxylamine groups is 2. The lowest BCUT2D eigenvalue weighted by molar-refractivity contribution is -0.153. The molecule has 0 aliphatic carbocycles. The highest BCUT2D eigenvalue weighted by Crippen LogP contribution is 2.08. The number of aliphatic hydroxyl groups excluding tert-OH is 1. The summed E-state index contributed by atoms with van der Waals surface area (Å²) in [5.41, 5.74) is 0. The van der Waals surface area contributed by atoms with Crippen LogP contribution in [0.25, 0.3) is 0 Å². The second kappa shape index (κ2) is 5.64. The molecule has 0 aromatic rings. The molecule has 2 heterocycles. The summed E-state index contributed by atoms with van der Waals surface area (Å²) >= 11 is 0. The van der Waals surface area contributed by atoms with E-state index in [4.69, 9.17) is 4.84 Å². The maximum atomic E-state index is 12.0. The molecule has 1 atom stereocenters. The first kappa shape index (κ1) is 13.3. The van der Waals surface area contributed by atoms with Crippen LogP contribution in [0.2, 0.25) is 0 Å². The molecule has 0 saturated carbocycles. The van der Waals surface area contributed by atoms with E-state index in [1.807, 2.05) is 0 Å². The predicted octanol–water partition coefficient (Wildman–Crippen LogP) is -1.71. The minimum absolute atomic E-state index is 0.0210. The van der Waals surface area contributed by atoms with Gasteiger partial charge in [-0.05, 0) is 0 Å². The lowest BCUT2D eigenvalue weighted by Gasteiger charge is -2.34. The third-order valence-electron chi connectivity index (χ3n) is 3.25. The van der Waals surface area contributed by atoms with E-state index in [1.165, 1.54) is 12.0 Å². The van der Waals surface area contributed by atoms with E-state index in [0.717, 1.165) is 0 Å². The number of rotatable bonds is 2. The Balaban J connectivity index is 1.75. The first-order valence-electron chi connectivity index (χ1n) is 6.15. The minimum atomic E-state index is -0.507. The molecule has 1 N–H and O–H groups in total. The highest BCUT2D eigenvalue weighted by Gasteiger charge is 2.27. The lowest BCUT2D eigenvalue weighted by atomic mass is 10.3. The second-order valence-corrected chi connectivity index (χ2v) is 4.66. The topological polar surface area (TPSA) is 73.3 Å². The SMILES string of the molecule is CC(=O)N1CCN(C(=O)CN2C[C@H](O)CO2)CC1. The van der Waals surface area contributed by atoms with Gasteiger partial charge in [0, 0.05) is 33.1 Å². The molecule has 2 saturated heterocycles. The third-order valence-corrected chi connectivity index (χ3v) is 3.25. The molecule has 0 radical (unpaired) electrons. The van der Waals surface area contributed by atoms with Crippen LogP contribution in [0.5, 0.6) is 0 Å². The van der Waals surface area contributed by atoms with E-state index in [0.29, 0.717) is 32.7 Å². The zero-order valence-corrected chi connectivity index (χ0v) is 10.5. The summed E-state index contributed by atoms with van der Waals surface area (Å²) in [4.78, 5) is 31.7. The number of amides is 2. The van der Waals surface area contributed by atoms with Gasteiger partial charge in [0.2, 0.25) is 11.8 Å². The monoisotopic (exact) mass is 257 g/mol. The summed E-state index contributed by atoms with van der Waals surface area (Å²) in [5.74, 6) is 0.0281. The predicted molar refractivity (Wildman–Crippen MR) is 62.4 cm³/mol. The van der Waals surface area contributed by atoms with Crippen LogP contribution in [0.15, 0.2) is 0 Å². The molecular formula is C11H19N3O4. The molecule has 0 aromatic heterocycles. The van der Waals surface area contributed by atoms with Crippen molar-refractivity contribution >= 4 is 11.8 Å². The van der Waals surface area contributed by atoms with E-state index in [9.17, 15) is 14.7 Å². The van der Waals surface area contributed by atoms with Gasteiger partial charge in [0.05, 0.1) is 19.3 Å². The van der Waals surface area contributed by atoms with Crippen molar-refractivity contribution in [2.75, 3.05) is 45.9 Å². The number of piperazine rings is 1. The molecule has 2 aliphatic rings. The zero-order chi connectivity index (χ0) is 13.1. The molecule has 2 rings (SSSR count). The maximum absolute atomic E-state index is 12.0. The Hall–Kier alpha value is -1.18. The molecule has 0 spiro atoms. The van der Waals surface area contributed by atoms with Crippen LogP contribution in [-0.2, 0) is 14.4 Å². The van der Waals surface area contributed by atoms with Crippen molar-refractivity contribution in [2.45, 2.75) is 13.0 Å². The Morgan fingerprint density at radius 3 is 2.33 bits per heavy atom. The van der Waals surface area contributed by atoms with Crippen LogP contribution in [-0.4, -0.2) is 83.8 Å². The van der Waals surface area contributed by atoms with Gasteiger partial charge < -0.3 is 14.9 Å². The molecular weight excluding hydrogens is 238 g/mol. The van der Waals surface area contributed by atoms with Crippen LogP contribution < -0.4 is 0 Å². The van der Waals surface area contributed by atoms with Crippen LogP contribution in [0, 0.1) is 0 Å². The van der Waals surface area contributed by atoms with E-state index in [1.54, 1.807) is 9.80 Å². The average Bonchev–Trinajstić information content (AvgIpc) is 2.75. The Labute approximate surface area is 106 Å². The number of β-amino-alcohol motifs (C(OH)–C–C–N with tert-alkyl or cyclic N) is 1. The third kappa shape index (κ3) is 3.18. The minimum Gasteiger partial charge on any atom is -0.389 e. The Bertz CT molecular complexity index is 328. The van der Waals surface area contributed by atoms with Crippen LogP contribution in [0.3, 0.4) is 0 Å². The van der Waals surface area contributed by atoms with Crippen molar-refractivity contribution in [1.29, 1.82) is 0 Å². The standard InChI is InChI=1S/C11H19N3O4/c1-9(15)12-2-4-13(5-3-12)11(17)7-14-6-10(16)8-18-14/h10,16H,2-8H2,1H3/t10-/m0/s1. The molecule has 2 amide bonds. The highest BCUT2D eigenvalue weighted by atomic mass is 16.7. The van der Waals surface area contributed by atoms with Gasteiger partial charge in [0.25, 0.3) is 0 Å². The van der Waals surface area contributed by atoms with Gasteiger partial charge >= 0.3 is 0 Å². The fourth-order valence-electron chi connectivity index (χ4n) is 2.16. The Morgan fingerprint density at radius 2 is 1.83 bits per heavy atom. The van der Waals surface area contributed by atoms with E-state index in [-0.39, 0.29) is 25.0 Å². The van der Waals surface area contributed by atoms with E-state index in [2.05, 4.69) is 0 Å². The summed E-state index contributed by atoms with van der Waals surface area (Å²) in [5, 5.41) is 10.8. The number of hydrogen-bond donors (Lipinski definition) is 1. The Kier molecular flexibility index (Phi) is 4.15. The van der Waals surface area contributed by atoms with Crippen molar-refractivity contribution < 1.29 is 19.5 Å². The molecule has 2 fully saturated rings. The van der Waals surface area contributed by atoms with Crippen molar-refractivity contribution in [3.63, 3.8) is 0 Å². The van der Waals surface area contributed by atoms with Crippen molar-refractivity contribution in [3.8, 4) is 0 Å². The van der Waals surface area contributed by atoms with Crippen LogP contribution >= 0.6 is 0 Å². The molecule has 0 bridgehead atoms. The first-order valence-corrected chi connectivity index (χ1v) is 6.15. The van der Waals surface area contributed by atoms with Crippen molar-refractivity contribution in [2.24, 2.45) is 0 Å². The number of carbonyl (C=O) groups is 2. The summed E-state index contributed by atoms with van der Waals surface area (Å²) in [6, 6.07) is 0. The molecule has 7 heteroatoms. The molecule has 0 aromatic carbocycles. The largest absolute Gasteiger partial charge is 0.389 e. The van der Waals surface area contributed by atoms with Crippen molar-refractivity contribution in [3.05, 3.63) is 0 Å². The molecule has 18 heavy (non-hydrogen) atoms. The summed E-state index contributed by atoms with van der Waals surface area (Å²) in [6.45, 7) is 4.64. The zero-order valence-electron chi connectivity index (χ0n) is 10.5. The Morgan fingerprint density at radius 1 is 1.22 bits per heavy atom. The summed E-state index contributed by atoms with van der Waals surface area (Å²) in [6.07, 6.45) is -0.507. The number of nitrogens with zero attached hydrogens (tertiary/aromatic N) is 3. The van der Waals surface area contributed by atoms with Gasteiger partial charge in [0.1, 0.15) is 6.54 Å². The quantitative estimate of drug-likeness (QED) is 0.637. The fraction of sp³-hybridized carbons (Fsp3) is 0.818. The lowest BCUT2D eigenvalue weighted by Crippen LogP contribution is -2.52. The van der Waals surface area contributed by atoms with Gasteiger partial charge in [-0.3, -0.25) is 14.4 Å². The van der Waals surface area contributed by atoms with Crippen molar-refractivity contribution in [1.82, 2.24) is 14.9 Å². The average molecular weight is 257 g/mol. The number of carbonyl (C=O) groups excluding carboxylic acids is 2. The fourth-order valence-corrected chi connectivity index (χ4v) is 2.16. The van der Waals surface area contributed by atoms with E-state index >= 15 is 0 Å². The van der Waals surface area contributed by atoms with Crippen LogP contribution in [0.1, 0.15) is 6.92 Å². The highest BCUT2D eigenvalue weighted by molar-refractivity contribution is 5.79. The van der Waals surface area contributed by atoms with Gasteiger partial charge in [0.15, 0.2) is 0 Å². The first-order chi connectivity index (χ1) is 8.56. The molecule has 0 unspecified atom stereocenters. The number of hydrogen-bond acceptors (Lipinski definition) is 5. The van der Waals surface area contributed by atoms with Gasteiger partial charge in [-0.25, -0.2) is 0 Å². The maximum Gasteiger partial charge on any atom is 0.239 e. The van der Waals surface area contributed by atoms with Gasteiger partial charge in [-0.2, -0.15) is 5.06 Å². The summed E-state index contributed by atoms with van der Waals surface area (Å²) < 4.78 is 0.